The first-order chi connectivity index (χ1) is 14.8. The minimum Gasteiger partial charge on any atom is -0.455 e. The summed E-state index contributed by atoms with van der Waals surface area (Å²) in [6, 6.07) is 11.2. The minimum atomic E-state index is -3.00. The molecule has 0 fully saturated rings. The Balaban J connectivity index is 1.53. The topological polar surface area (TPSA) is 127 Å². The van der Waals surface area contributed by atoms with Crippen molar-refractivity contribution in [2.75, 3.05) is 6.61 Å². The van der Waals surface area contributed by atoms with Gasteiger partial charge in [-0.25, -0.2) is 5.10 Å². The summed E-state index contributed by atoms with van der Waals surface area (Å²) in [6.45, 7) is -3.72. The molecule has 160 valence electrons. The maximum absolute atomic E-state index is 12.1. The summed E-state index contributed by atoms with van der Waals surface area (Å²) in [5, 5.41) is 8.96. The highest BCUT2D eigenvalue weighted by Crippen LogP contribution is 2.15. The Labute approximate surface area is 173 Å². The summed E-state index contributed by atoms with van der Waals surface area (Å²) in [5.74, 6) is -2.63. The number of carbonyl (C=O) groups is 3. The molecule has 2 aromatic carbocycles. The molecule has 2 amide bonds. The Bertz CT molecular complexity index is 1180. The van der Waals surface area contributed by atoms with Crippen LogP contribution in [0.3, 0.4) is 0 Å². The summed E-state index contributed by atoms with van der Waals surface area (Å²) >= 11 is 0. The van der Waals surface area contributed by atoms with Crippen molar-refractivity contribution in [2.45, 2.75) is 13.0 Å². The van der Waals surface area contributed by atoms with E-state index in [1.54, 1.807) is 24.3 Å². The molecule has 0 saturated carbocycles. The number of ether oxygens (including phenoxy) is 2. The molecule has 31 heavy (non-hydrogen) atoms. The highest BCUT2D eigenvalue weighted by molar-refractivity contribution is 6.05. The number of benzene rings is 2. The Hall–Kier alpha value is -4.15. The van der Waals surface area contributed by atoms with Crippen molar-refractivity contribution in [1.29, 1.82) is 0 Å². The highest BCUT2D eigenvalue weighted by Gasteiger charge is 2.15. The molecule has 0 radical (unpaired) electrons. The third-order valence-corrected chi connectivity index (χ3v) is 4.05. The maximum Gasteiger partial charge on any atom is 0.387 e. The molecular weight excluding hydrogens is 416 g/mol. The fraction of sp³-hybridized carbons (Fsp3) is 0.150. The molecular formula is C20H15F2N3O6. The molecule has 0 saturated heterocycles. The lowest BCUT2D eigenvalue weighted by atomic mass is 10.1. The van der Waals surface area contributed by atoms with Crippen LogP contribution in [0, 0.1) is 0 Å². The lowest BCUT2D eigenvalue weighted by molar-refractivity contribution is -0.147. The molecule has 2 N–H and O–H groups in total. The second-order valence-corrected chi connectivity index (χ2v) is 6.16. The van der Waals surface area contributed by atoms with E-state index in [-0.39, 0.29) is 23.4 Å². The largest absolute Gasteiger partial charge is 0.455 e. The fourth-order valence-electron chi connectivity index (χ4n) is 2.66. The average molecular weight is 431 g/mol. The summed E-state index contributed by atoms with van der Waals surface area (Å²) in [4.78, 5) is 47.6. The van der Waals surface area contributed by atoms with Gasteiger partial charge in [-0.2, -0.15) is 13.9 Å². The second-order valence-electron chi connectivity index (χ2n) is 6.16. The third-order valence-electron chi connectivity index (χ3n) is 4.05. The number of nitrogens with zero attached hydrogens (tertiary/aromatic N) is 1. The molecule has 3 aromatic rings. The van der Waals surface area contributed by atoms with Gasteiger partial charge < -0.3 is 9.47 Å². The number of aromatic nitrogens is 2. The first kappa shape index (κ1) is 21.6. The van der Waals surface area contributed by atoms with Gasteiger partial charge in [-0.1, -0.05) is 18.2 Å². The standard InChI is InChI=1S/C20H15F2N3O6/c21-20(22)31-12-7-5-11(6-8-12)18(28)23-16(26)10-30-17(27)9-15-13-3-1-2-4-14(13)19(29)25-24-15/h1-8,20H,9-10H2,(H,25,29)(H,23,26,28). The van der Waals surface area contributed by atoms with Crippen LogP contribution >= 0.6 is 0 Å². The smallest absolute Gasteiger partial charge is 0.387 e. The minimum absolute atomic E-state index is 0.0187. The molecule has 0 aliphatic carbocycles. The quantitative estimate of drug-likeness (QED) is 0.544. The van der Waals surface area contributed by atoms with Gasteiger partial charge in [0.1, 0.15) is 5.75 Å². The van der Waals surface area contributed by atoms with Crippen LogP contribution in [0.15, 0.2) is 53.3 Å². The lowest BCUT2D eigenvalue weighted by Gasteiger charge is -2.08. The summed E-state index contributed by atoms with van der Waals surface area (Å²) in [7, 11) is 0. The van der Waals surface area contributed by atoms with Crippen molar-refractivity contribution in [3.63, 3.8) is 0 Å². The van der Waals surface area contributed by atoms with Crippen molar-refractivity contribution in [3.05, 3.63) is 70.1 Å². The van der Waals surface area contributed by atoms with E-state index in [4.69, 9.17) is 4.74 Å². The molecule has 9 nitrogen and oxygen atoms in total. The number of halogens is 2. The zero-order chi connectivity index (χ0) is 22.4. The van der Waals surface area contributed by atoms with Gasteiger partial charge in [0.25, 0.3) is 17.4 Å². The van der Waals surface area contributed by atoms with E-state index in [9.17, 15) is 28.0 Å². The van der Waals surface area contributed by atoms with Crippen LogP contribution in [0.2, 0.25) is 0 Å². The van der Waals surface area contributed by atoms with Crippen LogP contribution in [0.1, 0.15) is 16.1 Å². The van der Waals surface area contributed by atoms with Crippen LogP contribution < -0.4 is 15.6 Å². The van der Waals surface area contributed by atoms with E-state index in [2.05, 4.69) is 14.9 Å². The monoisotopic (exact) mass is 431 g/mol. The highest BCUT2D eigenvalue weighted by atomic mass is 19.3. The number of hydrogen-bond acceptors (Lipinski definition) is 7. The zero-order valence-corrected chi connectivity index (χ0v) is 15.8. The van der Waals surface area contributed by atoms with E-state index in [1.165, 1.54) is 12.1 Å². The van der Waals surface area contributed by atoms with Gasteiger partial charge in [-0.15, -0.1) is 0 Å². The number of aromatic amines is 1. The molecule has 0 aliphatic heterocycles. The summed E-state index contributed by atoms with van der Waals surface area (Å²) in [5.41, 5.74) is -0.118. The van der Waals surface area contributed by atoms with E-state index < -0.39 is 36.6 Å². The van der Waals surface area contributed by atoms with Crippen molar-refractivity contribution < 1.29 is 32.6 Å². The molecule has 0 unspecified atom stereocenters. The van der Waals surface area contributed by atoms with E-state index in [0.29, 0.717) is 10.8 Å². The Kier molecular flexibility index (Phi) is 6.65. The number of hydrogen-bond donors (Lipinski definition) is 2. The van der Waals surface area contributed by atoms with Crippen LogP contribution in [0.5, 0.6) is 5.75 Å². The normalized spacial score (nSPS) is 10.7. The van der Waals surface area contributed by atoms with Gasteiger partial charge in [0.05, 0.1) is 17.5 Å². The van der Waals surface area contributed by atoms with Crippen molar-refractivity contribution in [1.82, 2.24) is 15.5 Å². The van der Waals surface area contributed by atoms with Crippen molar-refractivity contribution in [2.24, 2.45) is 0 Å². The zero-order valence-electron chi connectivity index (χ0n) is 15.8. The van der Waals surface area contributed by atoms with Gasteiger partial charge in [0.15, 0.2) is 6.61 Å². The Morgan fingerprint density at radius 3 is 2.39 bits per heavy atom. The molecule has 1 aromatic heterocycles. The van der Waals surface area contributed by atoms with Crippen LogP contribution in [0.25, 0.3) is 10.8 Å². The number of alkyl halides is 2. The van der Waals surface area contributed by atoms with Crippen molar-refractivity contribution in [3.8, 4) is 5.75 Å². The van der Waals surface area contributed by atoms with Crippen LogP contribution in [-0.4, -0.2) is 41.2 Å². The number of H-pyrrole nitrogens is 1. The molecule has 0 atom stereocenters. The van der Waals surface area contributed by atoms with E-state index in [0.717, 1.165) is 12.1 Å². The van der Waals surface area contributed by atoms with Crippen LogP contribution in [-0.2, 0) is 20.7 Å². The average Bonchev–Trinajstić information content (AvgIpc) is 2.74. The first-order valence-electron chi connectivity index (χ1n) is 8.84. The number of rotatable bonds is 7. The molecule has 0 aliphatic rings. The Morgan fingerprint density at radius 2 is 1.71 bits per heavy atom. The van der Waals surface area contributed by atoms with Gasteiger partial charge in [-0.05, 0) is 30.3 Å². The molecule has 0 spiro atoms. The second kappa shape index (κ2) is 9.57. The lowest BCUT2D eigenvalue weighted by Crippen LogP contribution is -2.34. The van der Waals surface area contributed by atoms with Crippen molar-refractivity contribution >= 4 is 28.6 Å². The summed E-state index contributed by atoms with van der Waals surface area (Å²) in [6.07, 6.45) is -0.301. The predicted octanol–water partition coefficient (Wildman–Crippen LogP) is 1.57. The molecule has 0 bridgehead atoms. The predicted molar refractivity (Wildman–Crippen MR) is 103 cm³/mol. The summed E-state index contributed by atoms with van der Waals surface area (Å²) < 4.78 is 33.3. The number of amides is 2. The van der Waals surface area contributed by atoms with Gasteiger partial charge >= 0.3 is 12.6 Å². The number of nitrogens with one attached hydrogen (secondary N) is 2. The number of imide groups is 1. The SMILES string of the molecule is O=C(COC(=O)Cc1n[nH]c(=O)c2ccccc12)NC(=O)c1ccc(OC(F)F)cc1. The number of carbonyl (C=O) groups excluding carboxylic acids is 3. The van der Waals surface area contributed by atoms with Gasteiger partial charge in [0, 0.05) is 10.9 Å². The van der Waals surface area contributed by atoms with E-state index >= 15 is 0 Å². The molecule has 3 rings (SSSR count). The number of fused-ring (bicyclic) bond motifs is 1. The van der Waals surface area contributed by atoms with Gasteiger partial charge in [-0.3, -0.25) is 24.5 Å². The molecule has 1 heterocycles. The Morgan fingerprint density at radius 1 is 1.03 bits per heavy atom. The fourth-order valence-corrected chi connectivity index (χ4v) is 2.66. The first-order valence-corrected chi connectivity index (χ1v) is 8.84. The number of esters is 1. The van der Waals surface area contributed by atoms with Crippen LogP contribution in [0.4, 0.5) is 8.78 Å². The van der Waals surface area contributed by atoms with E-state index in [1.807, 2.05) is 5.32 Å². The van der Waals surface area contributed by atoms with Gasteiger partial charge in [0.2, 0.25) is 0 Å². The third kappa shape index (κ3) is 5.69. The molecule has 11 heteroatoms. The maximum atomic E-state index is 12.1.